The molecule has 5 rings (SSSR count). The maximum absolute atomic E-state index is 15.2. The molecule has 0 spiro atoms. The van der Waals surface area contributed by atoms with E-state index in [-0.39, 0.29) is 17.0 Å². The van der Waals surface area contributed by atoms with Crippen molar-refractivity contribution >= 4 is 16.6 Å². The van der Waals surface area contributed by atoms with Gasteiger partial charge in [-0.2, -0.15) is 9.94 Å². The third kappa shape index (κ3) is 2.88. The first-order valence-corrected chi connectivity index (χ1v) is 10.9. The van der Waals surface area contributed by atoms with Gasteiger partial charge in [0.25, 0.3) is 5.56 Å². The largest absolute Gasteiger partial charge is 0.368 e. The van der Waals surface area contributed by atoms with Gasteiger partial charge in [0.05, 0.1) is 22.7 Å². The molecule has 2 N–H and O–H groups in total. The van der Waals surface area contributed by atoms with Crippen LogP contribution in [0.15, 0.2) is 15.7 Å². The van der Waals surface area contributed by atoms with Crippen molar-refractivity contribution in [3.8, 4) is 6.07 Å². The number of hydrogen-bond acceptors (Lipinski definition) is 6. The highest BCUT2D eigenvalue weighted by molar-refractivity contribution is 5.87. The molecule has 1 aromatic heterocycles. The lowest BCUT2D eigenvalue weighted by molar-refractivity contribution is 0.132. The molecule has 2 saturated carbocycles. The molecule has 1 saturated heterocycles. The Morgan fingerprint density at radius 3 is 2.58 bits per heavy atom. The highest BCUT2D eigenvalue weighted by atomic mass is 19.1. The SMILES string of the molecule is Cc1c(N2CC(C3(N(C)CCC#N)CC3)C2)c(F)cc2c(=O)n(N)c(=O)n(C3CC3)c12. The number of nitriles is 1. The van der Waals surface area contributed by atoms with Crippen LogP contribution in [0.2, 0.25) is 0 Å². The van der Waals surface area contributed by atoms with Crippen LogP contribution < -0.4 is 22.0 Å². The van der Waals surface area contributed by atoms with Crippen molar-refractivity contribution < 1.29 is 4.39 Å². The lowest BCUT2D eigenvalue weighted by atomic mass is 9.86. The Hall–Kier alpha value is -2.86. The monoisotopic (exact) mass is 426 g/mol. The Kier molecular flexibility index (Phi) is 4.42. The Bertz CT molecular complexity index is 1230. The van der Waals surface area contributed by atoms with Crippen LogP contribution >= 0.6 is 0 Å². The molecule has 0 unspecified atom stereocenters. The Morgan fingerprint density at radius 1 is 1.32 bits per heavy atom. The van der Waals surface area contributed by atoms with Crippen molar-refractivity contribution in [1.82, 2.24) is 14.1 Å². The minimum atomic E-state index is -0.664. The van der Waals surface area contributed by atoms with Gasteiger partial charge in [0, 0.05) is 49.1 Å². The number of halogens is 1. The summed E-state index contributed by atoms with van der Waals surface area (Å²) in [5, 5.41) is 9.04. The van der Waals surface area contributed by atoms with Gasteiger partial charge >= 0.3 is 5.69 Å². The summed E-state index contributed by atoms with van der Waals surface area (Å²) in [5.74, 6) is 5.65. The number of nitrogens with zero attached hydrogens (tertiary/aromatic N) is 5. The molecule has 3 fully saturated rings. The zero-order valence-corrected chi connectivity index (χ0v) is 17.9. The van der Waals surface area contributed by atoms with Gasteiger partial charge in [-0.1, -0.05) is 0 Å². The summed E-state index contributed by atoms with van der Waals surface area (Å²) in [4.78, 5) is 29.6. The van der Waals surface area contributed by atoms with Crippen LogP contribution in [-0.2, 0) is 0 Å². The minimum absolute atomic E-state index is 0.00932. The molecule has 0 radical (unpaired) electrons. The normalized spacial score (nSPS) is 20.2. The van der Waals surface area contributed by atoms with Crippen LogP contribution in [0.4, 0.5) is 10.1 Å². The van der Waals surface area contributed by atoms with Gasteiger partial charge in [0.1, 0.15) is 5.82 Å². The maximum Gasteiger partial charge on any atom is 0.350 e. The van der Waals surface area contributed by atoms with E-state index in [0.29, 0.717) is 33.8 Å². The molecule has 31 heavy (non-hydrogen) atoms. The van der Waals surface area contributed by atoms with Gasteiger partial charge in [-0.3, -0.25) is 14.3 Å². The molecule has 2 heterocycles. The highest BCUT2D eigenvalue weighted by Gasteiger charge is 2.56. The smallest absolute Gasteiger partial charge is 0.350 e. The van der Waals surface area contributed by atoms with E-state index in [4.69, 9.17) is 11.1 Å². The van der Waals surface area contributed by atoms with E-state index in [0.717, 1.165) is 45.3 Å². The van der Waals surface area contributed by atoms with Crippen LogP contribution in [0.5, 0.6) is 0 Å². The molecular formula is C22H27FN6O2. The summed E-state index contributed by atoms with van der Waals surface area (Å²) >= 11 is 0. The van der Waals surface area contributed by atoms with Crippen molar-refractivity contribution in [3.05, 3.63) is 38.3 Å². The summed E-state index contributed by atoms with van der Waals surface area (Å²) < 4.78 is 17.4. The summed E-state index contributed by atoms with van der Waals surface area (Å²) in [6.45, 7) is 3.98. The van der Waals surface area contributed by atoms with Crippen molar-refractivity contribution in [1.29, 1.82) is 5.26 Å². The van der Waals surface area contributed by atoms with E-state index in [1.54, 1.807) is 11.5 Å². The first-order valence-electron chi connectivity index (χ1n) is 10.9. The quantitative estimate of drug-likeness (QED) is 0.703. The van der Waals surface area contributed by atoms with E-state index in [2.05, 4.69) is 18.0 Å². The van der Waals surface area contributed by atoms with Crippen LogP contribution in [0.25, 0.3) is 10.9 Å². The van der Waals surface area contributed by atoms with Crippen molar-refractivity contribution in [2.45, 2.75) is 50.6 Å². The number of benzene rings is 1. The zero-order chi connectivity index (χ0) is 22.1. The molecular weight excluding hydrogens is 399 g/mol. The number of aromatic nitrogens is 2. The Balaban J connectivity index is 1.51. The molecule has 2 aliphatic carbocycles. The highest BCUT2D eigenvalue weighted by Crippen LogP contribution is 2.51. The minimum Gasteiger partial charge on any atom is -0.368 e. The predicted octanol–water partition coefficient (Wildman–Crippen LogP) is 1.47. The van der Waals surface area contributed by atoms with Gasteiger partial charge in [0.2, 0.25) is 0 Å². The van der Waals surface area contributed by atoms with E-state index >= 15 is 4.39 Å². The second-order valence-electron chi connectivity index (χ2n) is 9.32. The summed E-state index contributed by atoms with van der Waals surface area (Å²) in [5.41, 5.74) is 0.505. The van der Waals surface area contributed by atoms with Crippen molar-refractivity contribution in [2.75, 3.05) is 37.4 Å². The predicted molar refractivity (Wildman–Crippen MR) is 116 cm³/mol. The molecule has 0 atom stereocenters. The molecule has 164 valence electrons. The first kappa shape index (κ1) is 20.1. The van der Waals surface area contributed by atoms with Gasteiger partial charge in [-0.25, -0.2) is 9.18 Å². The van der Waals surface area contributed by atoms with Crippen LogP contribution in [0.1, 0.15) is 43.7 Å². The van der Waals surface area contributed by atoms with Crippen molar-refractivity contribution in [3.63, 3.8) is 0 Å². The van der Waals surface area contributed by atoms with Gasteiger partial charge in [-0.05, 0) is 45.7 Å². The second-order valence-corrected chi connectivity index (χ2v) is 9.32. The first-order chi connectivity index (χ1) is 14.8. The molecule has 1 aromatic carbocycles. The fourth-order valence-corrected chi connectivity index (χ4v) is 5.39. The fourth-order valence-electron chi connectivity index (χ4n) is 5.39. The topological polar surface area (TPSA) is 100 Å². The third-order valence-electron chi connectivity index (χ3n) is 7.52. The Morgan fingerprint density at radius 2 is 2.00 bits per heavy atom. The molecule has 9 heteroatoms. The molecule has 2 aromatic rings. The third-order valence-corrected chi connectivity index (χ3v) is 7.52. The van der Waals surface area contributed by atoms with Gasteiger partial charge in [0.15, 0.2) is 0 Å². The van der Waals surface area contributed by atoms with Crippen LogP contribution in [0, 0.1) is 30.0 Å². The summed E-state index contributed by atoms with van der Waals surface area (Å²) in [6.07, 6.45) is 4.41. The molecule has 0 bridgehead atoms. The summed E-state index contributed by atoms with van der Waals surface area (Å²) in [7, 11) is 2.07. The van der Waals surface area contributed by atoms with Crippen LogP contribution in [-0.4, -0.2) is 46.4 Å². The van der Waals surface area contributed by atoms with E-state index in [1.807, 2.05) is 4.90 Å². The number of rotatable bonds is 6. The average Bonchev–Trinajstić information content (AvgIpc) is 3.61. The summed E-state index contributed by atoms with van der Waals surface area (Å²) in [6, 6.07) is 3.45. The number of nitrogen functional groups attached to an aromatic ring is 1. The zero-order valence-electron chi connectivity index (χ0n) is 17.9. The van der Waals surface area contributed by atoms with Crippen LogP contribution in [0.3, 0.4) is 0 Å². The average molecular weight is 426 g/mol. The maximum atomic E-state index is 15.2. The van der Waals surface area contributed by atoms with E-state index < -0.39 is 17.1 Å². The molecule has 1 aliphatic heterocycles. The number of hydrogen-bond donors (Lipinski definition) is 1. The van der Waals surface area contributed by atoms with E-state index in [9.17, 15) is 9.59 Å². The van der Waals surface area contributed by atoms with Gasteiger partial charge < -0.3 is 10.7 Å². The number of aryl methyl sites for hydroxylation is 1. The lowest BCUT2D eigenvalue weighted by Crippen LogP contribution is -2.58. The lowest BCUT2D eigenvalue weighted by Gasteiger charge is -2.48. The Labute approximate surface area is 179 Å². The molecule has 8 nitrogen and oxygen atoms in total. The molecule has 3 aliphatic rings. The van der Waals surface area contributed by atoms with Gasteiger partial charge in [-0.15, -0.1) is 0 Å². The standard InChI is InChI=1S/C22H27FN6O2/c1-13-18-16(20(30)29(25)21(31)28(18)15-4-5-15)10-17(23)19(13)27-11-14(12-27)22(6-7-22)26(2)9-3-8-24/h10,14-15H,3-7,9,11-12,25H2,1-2H3. The number of anilines is 1. The second kappa shape index (κ2) is 6.82. The number of fused-ring (bicyclic) bond motifs is 1. The van der Waals surface area contributed by atoms with Crippen molar-refractivity contribution in [2.24, 2.45) is 5.92 Å². The molecule has 0 amide bonds. The van der Waals surface area contributed by atoms with E-state index in [1.165, 1.54) is 6.07 Å². The fraction of sp³-hybridized carbons (Fsp3) is 0.591. The number of nitrogens with two attached hydrogens (primary N) is 1.